The molecule has 6 nitrogen and oxygen atoms in total. The van der Waals surface area contributed by atoms with Crippen molar-refractivity contribution in [2.75, 3.05) is 20.8 Å². The number of ether oxygens (including phenoxy) is 2. The molecule has 0 saturated carbocycles. The molecule has 0 spiro atoms. The van der Waals surface area contributed by atoms with Crippen LogP contribution in [0.25, 0.3) is 0 Å². The molecule has 0 aliphatic heterocycles. The van der Waals surface area contributed by atoms with Crippen LogP contribution in [-0.2, 0) is 16.1 Å². The summed E-state index contributed by atoms with van der Waals surface area (Å²) < 4.78 is 10.9. The lowest BCUT2D eigenvalue weighted by molar-refractivity contribution is -0.142. The number of carbonyl (C=O) groups is 2. The molecule has 28 heavy (non-hydrogen) atoms. The van der Waals surface area contributed by atoms with Crippen molar-refractivity contribution in [2.45, 2.75) is 32.9 Å². The molecule has 150 valence electrons. The third kappa shape index (κ3) is 5.49. The molecule has 2 aromatic rings. The van der Waals surface area contributed by atoms with Gasteiger partial charge in [0, 0.05) is 13.6 Å². The monoisotopic (exact) mass is 384 g/mol. The Balaban J connectivity index is 2.19. The molecule has 0 radical (unpaired) electrons. The minimum Gasteiger partial charge on any atom is -0.493 e. The average Bonchev–Trinajstić information content (AvgIpc) is 2.73. The van der Waals surface area contributed by atoms with Crippen LogP contribution in [0.15, 0.2) is 48.5 Å². The molecule has 0 aliphatic rings. The van der Waals surface area contributed by atoms with Crippen LogP contribution in [0, 0.1) is 6.92 Å². The lowest BCUT2D eigenvalue weighted by atomic mass is 10.1. The fourth-order valence-corrected chi connectivity index (χ4v) is 2.94. The van der Waals surface area contributed by atoms with Crippen LogP contribution in [-0.4, -0.2) is 43.5 Å². The van der Waals surface area contributed by atoms with E-state index in [1.807, 2.05) is 50.2 Å². The summed E-state index contributed by atoms with van der Waals surface area (Å²) in [6.07, 6.45) is 0.506. The normalized spacial score (nSPS) is 11.4. The van der Waals surface area contributed by atoms with Gasteiger partial charge >= 0.3 is 0 Å². The van der Waals surface area contributed by atoms with E-state index in [-0.39, 0.29) is 18.4 Å². The third-order valence-corrected chi connectivity index (χ3v) is 4.53. The van der Waals surface area contributed by atoms with Gasteiger partial charge in [-0.15, -0.1) is 0 Å². The number of hydrogen-bond donors (Lipinski definition) is 1. The summed E-state index contributed by atoms with van der Waals surface area (Å²) in [6, 6.07) is 14.5. The number of amides is 2. The highest BCUT2D eigenvalue weighted by molar-refractivity contribution is 5.88. The van der Waals surface area contributed by atoms with Crippen molar-refractivity contribution >= 4 is 11.8 Å². The maximum Gasteiger partial charge on any atom is 0.261 e. The minimum atomic E-state index is -0.569. The number of nitrogens with zero attached hydrogens (tertiary/aromatic N) is 1. The van der Waals surface area contributed by atoms with E-state index in [0.29, 0.717) is 24.5 Å². The van der Waals surface area contributed by atoms with Crippen molar-refractivity contribution in [3.63, 3.8) is 0 Å². The molecule has 0 aromatic heterocycles. The quantitative estimate of drug-likeness (QED) is 0.722. The first-order chi connectivity index (χ1) is 13.5. The summed E-state index contributed by atoms with van der Waals surface area (Å²) in [7, 11) is 3.12. The summed E-state index contributed by atoms with van der Waals surface area (Å²) >= 11 is 0. The van der Waals surface area contributed by atoms with Crippen molar-refractivity contribution < 1.29 is 19.1 Å². The molecule has 0 bridgehead atoms. The van der Waals surface area contributed by atoms with Gasteiger partial charge in [-0.1, -0.05) is 48.9 Å². The fraction of sp³-hybridized carbons (Fsp3) is 0.364. The Kier molecular flexibility index (Phi) is 7.87. The zero-order chi connectivity index (χ0) is 20.5. The van der Waals surface area contributed by atoms with E-state index in [2.05, 4.69) is 5.32 Å². The van der Waals surface area contributed by atoms with E-state index < -0.39 is 6.04 Å². The molecule has 1 N–H and O–H groups in total. The molecule has 0 aliphatic carbocycles. The van der Waals surface area contributed by atoms with E-state index in [4.69, 9.17) is 9.47 Å². The molecule has 0 unspecified atom stereocenters. The number of rotatable bonds is 9. The van der Waals surface area contributed by atoms with Gasteiger partial charge in [-0.25, -0.2) is 0 Å². The SMILES string of the molecule is CC[C@@H](C(=O)NC)N(Cc1ccc(C)cc1)C(=O)COc1ccccc1OC. The van der Waals surface area contributed by atoms with Crippen molar-refractivity contribution in [1.82, 2.24) is 10.2 Å². The van der Waals surface area contributed by atoms with E-state index in [1.54, 1.807) is 31.2 Å². The zero-order valence-electron chi connectivity index (χ0n) is 16.9. The Hall–Kier alpha value is -3.02. The Morgan fingerprint density at radius 1 is 1.07 bits per heavy atom. The topological polar surface area (TPSA) is 67.9 Å². The van der Waals surface area contributed by atoms with Crippen LogP contribution in [0.3, 0.4) is 0 Å². The lowest BCUT2D eigenvalue weighted by Crippen LogP contribution is -2.49. The highest BCUT2D eigenvalue weighted by atomic mass is 16.5. The summed E-state index contributed by atoms with van der Waals surface area (Å²) in [5.41, 5.74) is 2.10. The van der Waals surface area contributed by atoms with Crippen LogP contribution < -0.4 is 14.8 Å². The number of likely N-dealkylation sites (N-methyl/N-ethyl adjacent to an activating group) is 1. The first kappa shape index (κ1) is 21.3. The first-order valence-corrected chi connectivity index (χ1v) is 9.32. The van der Waals surface area contributed by atoms with Gasteiger partial charge in [-0.3, -0.25) is 9.59 Å². The molecule has 0 fully saturated rings. The van der Waals surface area contributed by atoms with Gasteiger partial charge in [0.05, 0.1) is 7.11 Å². The van der Waals surface area contributed by atoms with Crippen molar-refractivity contribution in [1.29, 1.82) is 0 Å². The third-order valence-electron chi connectivity index (χ3n) is 4.53. The number of nitrogens with one attached hydrogen (secondary N) is 1. The summed E-state index contributed by atoms with van der Waals surface area (Å²) in [4.78, 5) is 26.9. The van der Waals surface area contributed by atoms with Gasteiger partial charge in [-0.05, 0) is 31.0 Å². The maximum atomic E-state index is 13.0. The molecule has 6 heteroatoms. The zero-order valence-corrected chi connectivity index (χ0v) is 16.9. The Labute approximate surface area is 166 Å². The fourth-order valence-electron chi connectivity index (χ4n) is 2.94. The van der Waals surface area contributed by atoms with Gasteiger partial charge in [-0.2, -0.15) is 0 Å². The molecule has 2 amide bonds. The number of carbonyl (C=O) groups excluding carboxylic acids is 2. The second-order valence-corrected chi connectivity index (χ2v) is 6.49. The van der Waals surface area contributed by atoms with Crippen LogP contribution >= 0.6 is 0 Å². The Morgan fingerprint density at radius 2 is 1.71 bits per heavy atom. The molecule has 0 saturated heterocycles. The number of hydrogen-bond acceptors (Lipinski definition) is 4. The van der Waals surface area contributed by atoms with Crippen molar-refractivity contribution in [2.24, 2.45) is 0 Å². The highest BCUT2D eigenvalue weighted by Gasteiger charge is 2.28. The smallest absolute Gasteiger partial charge is 0.261 e. The van der Waals surface area contributed by atoms with Crippen LogP contribution in [0.1, 0.15) is 24.5 Å². The summed E-state index contributed by atoms with van der Waals surface area (Å²) in [6.45, 7) is 4.05. The van der Waals surface area contributed by atoms with Crippen LogP contribution in [0.4, 0.5) is 0 Å². The molecule has 1 atom stereocenters. The number of benzene rings is 2. The number of methoxy groups -OCH3 is 1. The van der Waals surface area contributed by atoms with E-state index in [9.17, 15) is 9.59 Å². The van der Waals surface area contributed by atoms with E-state index >= 15 is 0 Å². The van der Waals surface area contributed by atoms with E-state index in [0.717, 1.165) is 11.1 Å². The molecule has 2 aromatic carbocycles. The van der Waals surface area contributed by atoms with Gasteiger partial charge in [0.15, 0.2) is 18.1 Å². The second-order valence-electron chi connectivity index (χ2n) is 6.49. The second kappa shape index (κ2) is 10.3. The van der Waals surface area contributed by atoms with Gasteiger partial charge < -0.3 is 19.7 Å². The predicted molar refractivity (Wildman–Crippen MR) is 108 cm³/mol. The maximum absolute atomic E-state index is 13.0. The standard InChI is InChI=1S/C22H28N2O4/c1-5-18(22(26)23-3)24(14-17-12-10-16(2)11-13-17)21(25)15-28-20-9-7-6-8-19(20)27-4/h6-13,18H,5,14-15H2,1-4H3,(H,23,26)/t18-/m0/s1. The highest BCUT2D eigenvalue weighted by Crippen LogP contribution is 2.26. The summed E-state index contributed by atoms with van der Waals surface area (Å²) in [5.74, 6) is 0.586. The van der Waals surface area contributed by atoms with Crippen molar-refractivity contribution in [3.8, 4) is 11.5 Å². The molecule has 2 rings (SSSR count). The van der Waals surface area contributed by atoms with E-state index in [1.165, 1.54) is 0 Å². The van der Waals surface area contributed by atoms with Gasteiger partial charge in [0.25, 0.3) is 5.91 Å². The molecular formula is C22H28N2O4. The first-order valence-electron chi connectivity index (χ1n) is 9.32. The van der Waals surface area contributed by atoms with Gasteiger partial charge in [0.2, 0.25) is 5.91 Å². The Morgan fingerprint density at radius 3 is 2.29 bits per heavy atom. The largest absolute Gasteiger partial charge is 0.493 e. The lowest BCUT2D eigenvalue weighted by Gasteiger charge is -2.30. The number of aryl methyl sites for hydroxylation is 1. The van der Waals surface area contributed by atoms with Gasteiger partial charge in [0.1, 0.15) is 6.04 Å². The summed E-state index contributed by atoms with van der Waals surface area (Å²) in [5, 5.41) is 2.64. The molecule has 0 heterocycles. The van der Waals surface area contributed by atoms with Crippen LogP contribution in [0.2, 0.25) is 0 Å². The predicted octanol–water partition coefficient (Wildman–Crippen LogP) is 2.94. The number of para-hydroxylation sites is 2. The average molecular weight is 384 g/mol. The minimum absolute atomic E-state index is 0.181. The Bertz CT molecular complexity index is 789. The van der Waals surface area contributed by atoms with Crippen LogP contribution in [0.5, 0.6) is 11.5 Å². The molecular weight excluding hydrogens is 356 g/mol. The van der Waals surface area contributed by atoms with Crippen molar-refractivity contribution in [3.05, 3.63) is 59.7 Å².